The number of Topliss-reactive ketones (excluding diaryl/α,β-unsaturated/α-hetero) is 1. The van der Waals surface area contributed by atoms with Gasteiger partial charge in [-0.3, -0.25) is 9.59 Å². The van der Waals surface area contributed by atoms with Crippen molar-refractivity contribution in [3.8, 4) is 0 Å². The number of carbonyl (C=O) groups excluding carboxylic acids is 1. The molecular formula is C25H30N4O3S. The van der Waals surface area contributed by atoms with Crippen molar-refractivity contribution in [2.24, 2.45) is 0 Å². The molecule has 4 heterocycles. The number of aromatic nitrogens is 3. The molecule has 174 valence electrons. The summed E-state index contributed by atoms with van der Waals surface area (Å²) in [4.78, 5) is 33.3. The van der Waals surface area contributed by atoms with Gasteiger partial charge in [-0.25, -0.2) is 9.67 Å². The molecule has 3 aromatic rings. The third-order valence-corrected chi connectivity index (χ3v) is 7.90. The first kappa shape index (κ1) is 22.2. The normalized spacial score (nSPS) is 19.4. The number of thiazole rings is 1. The van der Waals surface area contributed by atoms with Crippen molar-refractivity contribution in [1.29, 1.82) is 0 Å². The molecule has 2 fully saturated rings. The van der Waals surface area contributed by atoms with E-state index in [1.807, 2.05) is 18.2 Å². The maximum Gasteiger partial charge on any atom is 0.294 e. The van der Waals surface area contributed by atoms with Gasteiger partial charge < -0.3 is 9.64 Å². The molecule has 2 aliphatic heterocycles. The zero-order valence-electron chi connectivity index (χ0n) is 19.0. The van der Waals surface area contributed by atoms with Gasteiger partial charge in [-0.15, -0.1) is 0 Å². The number of nitrogens with zero attached hydrogens (tertiary/aromatic N) is 4. The number of rotatable bonds is 7. The van der Waals surface area contributed by atoms with E-state index < -0.39 is 0 Å². The van der Waals surface area contributed by atoms with Crippen LogP contribution in [-0.4, -0.2) is 46.3 Å². The van der Waals surface area contributed by atoms with Gasteiger partial charge in [-0.05, 0) is 44.1 Å². The molecule has 8 heteroatoms. The lowest BCUT2D eigenvalue weighted by Gasteiger charge is -2.23. The molecule has 0 amide bonds. The van der Waals surface area contributed by atoms with E-state index in [4.69, 9.17) is 14.8 Å². The molecule has 2 saturated heterocycles. The first-order valence-electron chi connectivity index (χ1n) is 12.0. The van der Waals surface area contributed by atoms with Crippen LogP contribution >= 0.6 is 11.3 Å². The van der Waals surface area contributed by atoms with Crippen LogP contribution in [0.15, 0.2) is 35.1 Å². The van der Waals surface area contributed by atoms with Gasteiger partial charge in [0.1, 0.15) is 0 Å². The maximum atomic E-state index is 13.3. The van der Waals surface area contributed by atoms with E-state index in [2.05, 4.69) is 24.0 Å². The molecule has 0 N–H and O–H groups in total. The Morgan fingerprint density at radius 2 is 1.97 bits per heavy atom. The lowest BCUT2D eigenvalue weighted by atomic mass is 10.0. The van der Waals surface area contributed by atoms with Crippen LogP contribution in [0, 0.1) is 0 Å². The number of anilines is 1. The van der Waals surface area contributed by atoms with E-state index >= 15 is 0 Å². The molecule has 0 saturated carbocycles. The number of carbonyl (C=O) groups is 1. The van der Waals surface area contributed by atoms with E-state index in [9.17, 15) is 9.59 Å². The highest BCUT2D eigenvalue weighted by molar-refractivity contribution is 7.22. The summed E-state index contributed by atoms with van der Waals surface area (Å²) in [5.74, 6) is 0.254. The van der Waals surface area contributed by atoms with Gasteiger partial charge >= 0.3 is 0 Å². The number of benzene rings is 1. The molecule has 2 aliphatic rings. The quantitative estimate of drug-likeness (QED) is 0.525. The number of aryl methyl sites for hydroxylation is 2. The van der Waals surface area contributed by atoms with Gasteiger partial charge in [0.25, 0.3) is 5.56 Å². The van der Waals surface area contributed by atoms with Crippen molar-refractivity contribution < 1.29 is 9.53 Å². The molecule has 7 nitrogen and oxygen atoms in total. The molecule has 0 spiro atoms. The standard InChI is InChI=1S/C25H30N4O3S/c1-2-19-23-22(24(31)29(27-19)18-12-15-32-16-13-18)26-25(33-23)28-14-6-9-20(28)21(30)11-10-17-7-4-3-5-8-17/h3-5,7-8,18,20H,2,6,9-16H2,1H3/t20-/m1/s1. The van der Waals surface area contributed by atoms with Gasteiger partial charge in [0.05, 0.1) is 22.5 Å². The van der Waals surface area contributed by atoms with E-state index in [0.29, 0.717) is 25.2 Å². The zero-order chi connectivity index (χ0) is 22.8. The highest BCUT2D eigenvalue weighted by Gasteiger charge is 2.33. The Bertz CT molecular complexity index is 1180. The fourth-order valence-corrected chi connectivity index (χ4v) is 6.11. The predicted molar refractivity (Wildman–Crippen MR) is 130 cm³/mol. The van der Waals surface area contributed by atoms with E-state index in [-0.39, 0.29) is 23.4 Å². The Morgan fingerprint density at radius 1 is 1.18 bits per heavy atom. The highest BCUT2D eigenvalue weighted by atomic mass is 32.1. The lowest BCUT2D eigenvalue weighted by Crippen LogP contribution is -2.36. The number of hydrogen-bond donors (Lipinski definition) is 0. The molecule has 0 aliphatic carbocycles. The SMILES string of the molecule is CCc1nn(C2CCOCC2)c(=O)c2nc(N3CCC[C@@H]3C(=O)CCc3ccccc3)sc12. The molecule has 0 radical (unpaired) electrons. The van der Waals surface area contributed by atoms with Crippen molar-refractivity contribution in [2.45, 2.75) is 64.0 Å². The summed E-state index contributed by atoms with van der Waals surface area (Å²) >= 11 is 1.51. The number of fused-ring (bicyclic) bond motifs is 1. The smallest absolute Gasteiger partial charge is 0.294 e. The average Bonchev–Trinajstić information content (AvgIpc) is 3.52. The van der Waals surface area contributed by atoms with Crippen molar-refractivity contribution in [3.05, 3.63) is 51.9 Å². The van der Waals surface area contributed by atoms with Crippen molar-refractivity contribution in [1.82, 2.24) is 14.8 Å². The van der Waals surface area contributed by atoms with Gasteiger partial charge in [-0.2, -0.15) is 5.10 Å². The van der Waals surface area contributed by atoms with Crippen LogP contribution in [0.2, 0.25) is 0 Å². The molecule has 0 unspecified atom stereocenters. The first-order valence-corrected chi connectivity index (χ1v) is 12.8. The van der Waals surface area contributed by atoms with Crippen molar-refractivity contribution in [3.63, 3.8) is 0 Å². The highest BCUT2D eigenvalue weighted by Crippen LogP contribution is 2.34. The van der Waals surface area contributed by atoms with E-state index in [0.717, 1.165) is 60.6 Å². The summed E-state index contributed by atoms with van der Waals surface area (Å²) in [5.41, 5.74) is 2.46. The van der Waals surface area contributed by atoms with Crippen LogP contribution < -0.4 is 10.5 Å². The molecule has 5 rings (SSSR count). The molecule has 33 heavy (non-hydrogen) atoms. The van der Waals surface area contributed by atoms with E-state index in [1.165, 1.54) is 16.9 Å². The Morgan fingerprint density at radius 3 is 2.73 bits per heavy atom. The summed E-state index contributed by atoms with van der Waals surface area (Å²) in [6, 6.07) is 10.0. The van der Waals surface area contributed by atoms with Crippen LogP contribution in [0.5, 0.6) is 0 Å². The molecule has 1 atom stereocenters. The Balaban J connectivity index is 1.42. The van der Waals surface area contributed by atoms with Gasteiger partial charge in [-0.1, -0.05) is 48.6 Å². The second kappa shape index (κ2) is 9.73. The molecule has 2 aromatic heterocycles. The molecule has 1 aromatic carbocycles. The van der Waals surface area contributed by atoms with Crippen LogP contribution in [0.4, 0.5) is 5.13 Å². The minimum atomic E-state index is -0.162. The van der Waals surface area contributed by atoms with E-state index in [1.54, 1.807) is 4.68 Å². The second-order valence-corrected chi connectivity index (χ2v) is 9.85. The minimum Gasteiger partial charge on any atom is -0.381 e. The summed E-state index contributed by atoms with van der Waals surface area (Å²) in [7, 11) is 0. The van der Waals surface area contributed by atoms with Gasteiger partial charge in [0.2, 0.25) is 0 Å². The number of ketones is 1. The lowest BCUT2D eigenvalue weighted by molar-refractivity contribution is -0.120. The van der Waals surface area contributed by atoms with Gasteiger partial charge in [0, 0.05) is 26.2 Å². The molecule has 0 bridgehead atoms. The third kappa shape index (κ3) is 4.46. The van der Waals surface area contributed by atoms with Crippen LogP contribution in [-0.2, 0) is 22.4 Å². The predicted octanol–water partition coefficient (Wildman–Crippen LogP) is 3.94. The summed E-state index contributed by atoms with van der Waals surface area (Å²) in [6.07, 6.45) is 5.40. The first-order chi connectivity index (χ1) is 16.2. The maximum absolute atomic E-state index is 13.3. The molecular weight excluding hydrogens is 436 g/mol. The zero-order valence-corrected chi connectivity index (χ0v) is 19.9. The van der Waals surface area contributed by atoms with Crippen LogP contribution in [0.25, 0.3) is 10.2 Å². The van der Waals surface area contributed by atoms with Gasteiger partial charge in [0.15, 0.2) is 16.4 Å². The topological polar surface area (TPSA) is 77.3 Å². The van der Waals surface area contributed by atoms with Crippen molar-refractivity contribution >= 4 is 32.5 Å². The Hall–Kier alpha value is -2.58. The average molecular weight is 467 g/mol. The summed E-state index contributed by atoms with van der Waals surface area (Å²) in [5, 5.41) is 5.51. The fraction of sp³-hybridized carbons (Fsp3) is 0.520. The number of ether oxygens (including phenoxy) is 1. The second-order valence-electron chi connectivity index (χ2n) is 8.87. The third-order valence-electron chi connectivity index (χ3n) is 6.76. The minimum absolute atomic E-state index is 0.0604. The van der Waals surface area contributed by atoms with Crippen molar-refractivity contribution in [2.75, 3.05) is 24.7 Å². The Kier molecular flexibility index (Phi) is 6.55. The number of hydrogen-bond acceptors (Lipinski definition) is 7. The monoisotopic (exact) mass is 466 g/mol. The van der Waals surface area contributed by atoms with Crippen LogP contribution in [0.3, 0.4) is 0 Å². The summed E-state index contributed by atoms with van der Waals surface area (Å²) in [6.45, 7) is 4.17. The Labute approximate surface area is 197 Å². The summed E-state index contributed by atoms with van der Waals surface area (Å²) < 4.78 is 7.97. The largest absolute Gasteiger partial charge is 0.381 e. The van der Waals surface area contributed by atoms with Crippen LogP contribution in [0.1, 0.15) is 56.3 Å². The fourth-order valence-electron chi connectivity index (χ4n) is 4.92.